The minimum atomic E-state index is -2.44. The largest absolute Gasteiger partial charge is 0.493 e. The van der Waals surface area contributed by atoms with Gasteiger partial charge in [-0.3, -0.25) is 4.90 Å². The number of halogens is 4. The molecule has 1 aromatic carbocycles. The van der Waals surface area contributed by atoms with Crippen molar-refractivity contribution in [3.05, 3.63) is 23.8 Å². The first-order chi connectivity index (χ1) is 10.2. The number of alkyl halides is 2. The summed E-state index contributed by atoms with van der Waals surface area (Å²) in [7, 11) is 1.54. The number of ether oxygens (including phenoxy) is 2. The fourth-order valence-corrected chi connectivity index (χ4v) is 2.62. The van der Waals surface area contributed by atoms with Gasteiger partial charge in [-0.1, -0.05) is 6.07 Å². The Bertz CT molecular complexity index is 461. The van der Waals surface area contributed by atoms with Gasteiger partial charge in [-0.25, -0.2) is 8.78 Å². The predicted octanol–water partition coefficient (Wildman–Crippen LogP) is 3.15. The monoisotopic (exact) mass is 372 g/mol. The van der Waals surface area contributed by atoms with Crippen LogP contribution < -0.4 is 14.8 Å². The molecule has 4 nitrogen and oxygen atoms in total. The van der Waals surface area contributed by atoms with Gasteiger partial charge >= 0.3 is 0 Å². The van der Waals surface area contributed by atoms with Crippen LogP contribution in [-0.4, -0.2) is 51.2 Å². The Morgan fingerprint density at radius 1 is 1.17 bits per heavy atom. The minimum Gasteiger partial charge on any atom is -0.493 e. The van der Waals surface area contributed by atoms with E-state index in [0.717, 1.165) is 13.1 Å². The number of nitrogens with zero attached hydrogens (tertiary/aromatic N) is 1. The zero-order valence-electron chi connectivity index (χ0n) is 13.3. The zero-order valence-corrected chi connectivity index (χ0v) is 14.9. The molecule has 0 unspecified atom stereocenters. The number of hydrogen-bond acceptors (Lipinski definition) is 4. The molecule has 0 radical (unpaired) electrons. The van der Waals surface area contributed by atoms with Crippen LogP contribution in [0.1, 0.15) is 18.5 Å². The molecule has 0 saturated carbocycles. The van der Waals surface area contributed by atoms with Crippen LogP contribution in [0.25, 0.3) is 0 Å². The van der Waals surface area contributed by atoms with Crippen molar-refractivity contribution in [1.82, 2.24) is 10.2 Å². The molecular weight excluding hydrogens is 349 g/mol. The molecule has 1 N–H and O–H groups in total. The summed E-state index contributed by atoms with van der Waals surface area (Å²) in [5.74, 6) is 1.08. The normalized spacial score (nSPS) is 16.2. The van der Waals surface area contributed by atoms with Crippen molar-refractivity contribution < 1.29 is 18.3 Å². The van der Waals surface area contributed by atoms with E-state index in [9.17, 15) is 8.78 Å². The second-order valence-electron chi connectivity index (χ2n) is 4.91. The Morgan fingerprint density at radius 2 is 1.83 bits per heavy atom. The van der Waals surface area contributed by atoms with E-state index >= 15 is 0 Å². The molecule has 0 aliphatic carbocycles. The van der Waals surface area contributed by atoms with E-state index in [2.05, 4.69) is 5.32 Å². The fraction of sp³-hybridized carbons (Fsp3) is 0.600. The van der Waals surface area contributed by atoms with Crippen LogP contribution in [0.5, 0.6) is 11.5 Å². The summed E-state index contributed by atoms with van der Waals surface area (Å²) in [4.78, 5) is 1.82. The minimum absolute atomic E-state index is 0. The highest BCUT2D eigenvalue weighted by atomic mass is 35.5. The van der Waals surface area contributed by atoms with Gasteiger partial charge < -0.3 is 14.8 Å². The number of benzene rings is 1. The van der Waals surface area contributed by atoms with Crippen molar-refractivity contribution >= 4 is 24.8 Å². The van der Waals surface area contributed by atoms with Crippen LogP contribution in [0.4, 0.5) is 8.78 Å². The van der Waals surface area contributed by atoms with Gasteiger partial charge in [0.1, 0.15) is 0 Å². The first-order valence-electron chi connectivity index (χ1n) is 7.21. The summed E-state index contributed by atoms with van der Waals surface area (Å²) in [6, 6.07) is 4.15. The maximum Gasteiger partial charge on any atom is 0.258 e. The van der Waals surface area contributed by atoms with Crippen LogP contribution >= 0.6 is 24.8 Å². The molecule has 0 bridgehead atoms. The third-order valence-corrected chi connectivity index (χ3v) is 3.61. The molecule has 0 spiro atoms. The summed E-state index contributed by atoms with van der Waals surface area (Å²) in [6.07, 6.45) is -2.44. The lowest BCUT2D eigenvalue weighted by Crippen LogP contribution is -2.46. The first kappa shape index (κ1) is 22.2. The zero-order chi connectivity index (χ0) is 15.2. The molecule has 1 fully saturated rings. The second-order valence-corrected chi connectivity index (χ2v) is 4.91. The Kier molecular flexibility index (Phi) is 10.5. The van der Waals surface area contributed by atoms with Crippen LogP contribution in [0.2, 0.25) is 0 Å². The van der Waals surface area contributed by atoms with E-state index in [1.54, 1.807) is 25.3 Å². The number of methoxy groups -OCH3 is 1. The third-order valence-electron chi connectivity index (χ3n) is 3.61. The summed E-state index contributed by atoms with van der Waals surface area (Å²) >= 11 is 0. The van der Waals surface area contributed by atoms with E-state index in [1.807, 2.05) is 11.8 Å². The van der Waals surface area contributed by atoms with Crippen molar-refractivity contribution in [3.63, 3.8) is 0 Å². The van der Waals surface area contributed by atoms with Gasteiger partial charge in [0.25, 0.3) is 6.43 Å². The summed E-state index contributed by atoms with van der Waals surface area (Å²) in [5, 5.41) is 3.18. The van der Waals surface area contributed by atoms with Crippen LogP contribution in [-0.2, 0) is 0 Å². The quantitative estimate of drug-likeness (QED) is 0.831. The highest BCUT2D eigenvalue weighted by Crippen LogP contribution is 2.34. The number of hydrogen-bond donors (Lipinski definition) is 1. The van der Waals surface area contributed by atoms with Gasteiger partial charge in [-0.2, -0.15) is 0 Å². The Hall–Kier alpha value is -0.820. The molecule has 1 aromatic rings. The molecular formula is C15H24Cl2F2N2O2. The molecule has 134 valence electrons. The van der Waals surface area contributed by atoms with Crippen LogP contribution in [0.15, 0.2) is 18.2 Å². The van der Waals surface area contributed by atoms with E-state index in [-0.39, 0.29) is 24.8 Å². The van der Waals surface area contributed by atoms with Gasteiger partial charge in [0, 0.05) is 26.2 Å². The molecule has 1 aliphatic heterocycles. The van der Waals surface area contributed by atoms with Crippen molar-refractivity contribution in [1.29, 1.82) is 0 Å². The molecule has 1 saturated heterocycles. The average molecular weight is 373 g/mol. The molecule has 0 aromatic heterocycles. The first-order valence-corrected chi connectivity index (χ1v) is 7.21. The molecule has 1 heterocycles. The highest BCUT2D eigenvalue weighted by Gasteiger charge is 2.30. The summed E-state index contributed by atoms with van der Waals surface area (Å²) in [5.41, 5.74) is 0.566. The Morgan fingerprint density at radius 3 is 2.35 bits per heavy atom. The average Bonchev–Trinajstić information content (AvgIpc) is 2.49. The topological polar surface area (TPSA) is 33.7 Å². The maximum atomic E-state index is 13.5. The van der Waals surface area contributed by atoms with E-state index in [1.165, 1.54) is 0 Å². The van der Waals surface area contributed by atoms with Gasteiger partial charge in [0.15, 0.2) is 11.5 Å². The maximum absolute atomic E-state index is 13.5. The van der Waals surface area contributed by atoms with E-state index < -0.39 is 12.5 Å². The lowest BCUT2D eigenvalue weighted by Gasteiger charge is -2.34. The van der Waals surface area contributed by atoms with Crippen LogP contribution in [0, 0.1) is 0 Å². The summed E-state index contributed by atoms with van der Waals surface area (Å²) in [6.45, 7) is 5.02. The molecule has 2 rings (SSSR count). The van der Waals surface area contributed by atoms with Crippen molar-refractivity contribution in [2.45, 2.75) is 19.4 Å². The Balaban J connectivity index is 0.00000242. The number of rotatable bonds is 6. The van der Waals surface area contributed by atoms with Gasteiger partial charge in [0.2, 0.25) is 0 Å². The van der Waals surface area contributed by atoms with E-state index in [4.69, 9.17) is 9.47 Å². The lowest BCUT2D eigenvalue weighted by atomic mass is 10.0. The smallest absolute Gasteiger partial charge is 0.258 e. The van der Waals surface area contributed by atoms with Crippen molar-refractivity contribution in [3.8, 4) is 11.5 Å². The number of piperazine rings is 1. The molecule has 8 heteroatoms. The predicted molar refractivity (Wildman–Crippen MR) is 91.8 cm³/mol. The molecule has 23 heavy (non-hydrogen) atoms. The number of nitrogens with one attached hydrogen (secondary N) is 1. The van der Waals surface area contributed by atoms with Gasteiger partial charge in [0.05, 0.1) is 19.8 Å². The van der Waals surface area contributed by atoms with E-state index in [0.29, 0.717) is 36.8 Å². The van der Waals surface area contributed by atoms with Crippen LogP contribution in [0.3, 0.4) is 0 Å². The van der Waals surface area contributed by atoms with Gasteiger partial charge in [-0.05, 0) is 24.6 Å². The Labute approximate surface area is 148 Å². The lowest BCUT2D eigenvalue weighted by molar-refractivity contribution is 0.0180. The van der Waals surface area contributed by atoms with Gasteiger partial charge in [-0.15, -0.1) is 24.8 Å². The second kappa shape index (κ2) is 10.9. The van der Waals surface area contributed by atoms with Crippen molar-refractivity contribution in [2.24, 2.45) is 0 Å². The molecule has 1 atom stereocenters. The molecule has 0 amide bonds. The SMILES string of the molecule is CCOc1cc([C@@H](C(F)F)N2CCNCC2)ccc1OC.Cl.Cl. The third kappa shape index (κ3) is 5.64. The highest BCUT2D eigenvalue weighted by molar-refractivity contribution is 5.85. The molecule has 1 aliphatic rings. The van der Waals surface area contributed by atoms with Crippen molar-refractivity contribution in [2.75, 3.05) is 39.9 Å². The fourth-order valence-electron chi connectivity index (χ4n) is 2.62. The standard InChI is InChI=1S/C15H22F2N2O2.2ClH/c1-3-21-13-10-11(4-5-12(13)20-2)14(15(16)17)19-8-6-18-7-9-19;;/h4-5,10,14-15,18H,3,6-9H2,1-2H3;2*1H/t14-;;/m0../s1. The summed E-state index contributed by atoms with van der Waals surface area (Å²) < 4.78 is 37.8.